The van der Waals surface area contributed by atoms with Gasteiger partial charge in [0.25, 0.3) is 0 Å². The molecule has 2 unspecified atom stereocenters. The molecule has 2 nitrogen and oxygen atoms in total. The van der Waals surface area contributed by atoms with E-state index < -0.39 is 0 Å². The molecule has 2 aromatic rings. The topological polar surface area (TPSA) is 24.9 Å². The van der Waals surface area contributed by atoms with Crippen LogP contribution < -0.4 is 5.32 Å². The maximum atomic E-state index is 13.9. The van der Waals surface area contributed by atoms with E-state index in [-0.39, 0.29) is 23.7 Å². The van der Waals surface area contributed by atoms with Crippen molar-refractivity contribution in [2.24, 2.45) is 0 Å². The Bertz CT molecular complexity index is 585. The zero-order chi connectivity index (χ0) is 14.7. The zero-order valence-corrected chi connectivity index (χ0v) is 11.8. The average Bonchev–Trinajstić information content (AvgIpc) is 2.43. The lowest BCUT2D eigenvalue weighted by atomic mass is 10.0. The summed E-state index contributed by atoms with van der Waals surface area (Å²) in [6.45, 7) is 5.34. The van der Waals surface area contributed by atoms with Crippen LogP contribution in [0.3, 0.4) is 0 Å². The number of hydrogen-bond acceptors (Lipinski definition) is 2. The number of aromatic nitrogens is 1. The van der Waals surface area contributed by atoms with E-state index in [0.717, 1.165) is 5.56 Å². The van der Waals surface area contributed by atoms with E-state index in [9.17, 15) is 8.78 Å². The number of pyridine rings is 1. The van der Waals surface area contributed by atoms with Gasteiger partial charge >= 0.3 is 0 Å². The first-order valence-corrected chi connectivity index (χ1v) is 6.60. The van der Waals surface area contributed by atoms with Gasteiger partial charge in [-0.2, -0.15) is 0 Å². The number of rotatable bonds is 4. The maximum absolute atomic E-state index is 13.9. The summed E-state index contributed by atoms with van der Waals surface area (Å²) in [7, 11) is 0. The van der Waals surface area contributed by atoms with E-state index in [1.165, 1.54) is 12.1 Å². The summed E-state index contributed by atoms with van der Waals surface area (Å²) in [4.78, 5) is 4.05. The van der Waals surface area contributed by atoms with Crippen molar-refractivity contribution in [1.82, 2.24) is 10.3 Å². The van der Waals surface area contributed by atoms with Crippen LogP contribution in [0.4, 0.5) is 8.78 Å². The second kappa shape index (κ2) is 6.09. The SMILES string of the molecule is Cc1cc(F)c(C(C)NC(C)c2cccnc2)cc1F. The molecule has 0 spiro atoms. The molecular weight excluding hydrogens is 258 g/mol. The number of nitrogens with zero attached hydrogens (tertiary/aromatic N) is 1. The molecule has 0 fully saturated rings. The summed E-state index contributed by atoms with van der Waals surface area (Å²) in [5.74, 6) is -0.772. The highest BCUT2D eigenvalue weighted by molar-refractivity contribution is 5.27. The van der Waals surface area contributed by atoms with E-state index in [0.29, 0.717) is 11.1 Å². The van der Waals surface area contributed by atoms with Gasteiger partial charge in [0.15, 0.2) is 0 Å². The highest BCUT2D eigenvalue weighted by Crippen LogP contribution is 2.23. The molecular formula is C16H18F2N2. The molecule has 0 aliphatic carbocycles. The van der Waals surface area contributed by atoms with Gasteiger partial charge in [-0.3, -0.25) is 4.98 Å². The fraction of sp³-hybridized carbons (Fsp3) is 0.312. The number of hydrogen-bond donors (Lipinski definition) is 1. The summed E-state index contributed by atoms with van der Waals surface area (Å²) in [5, 5.41) is 3.25. The monoisotopic (exact) mass is 276 g/mol. The molecule has 20 heavy (non-hydrogen) atoms. The van der Waals surface area contributed by atoms with Crippen molar-refractivity contribution in [2.45, 2.75) is 32.9 Å². The summed E-state index contributed by atoms with van der Waals surface area (Å²) >= 11 is 0. The third kappa shape index (κ3) is 3.20. The lowest BCUT2D eigenvalue weighted by Crippen LogP contribution is -2.23. The van der Waals surface area contributed by atoms with Crippen molar-refractivity contribution in [2.75, 3.05) is 0 Å². The second-order valence-corrected chi connectivity index (χ2v) is 5.02. The fourth-order valence-corrected chi connectivity index (χ4v) is 2.19. The van der Waals surface area contributed by atoms with E-state index in [2.05, 4.69) is 10.3 Å². The van der Waals surface area contributed by atoms with Crippen molar-refractivity contribution < 1.29 is 8.78 Å². The largest absolute Gasteiger partial charge is 0.303 e. The van der Waals surface area contributed by atoms with Crippen LogP contribution in [0.5, 0.6) is 0 Å². The Hall–Kier alpha value is -1.81. The first-order valence-electron chi connectivity index (χ1n) is 6.60. The van der Waals surface area contributed by atoms with E-state index in [4.69, 9.17) is 0 Å². The van der Waals surface area contributed by atoms with Crippen LogP contribution in [0.25, 0.3) is 0 Å². The highest BCUT2D eigenvalue weighted by atomic mass is 19.1. The molecule has 1 heterocycles. The van der Waals surface area contributed by atoms with Gasteiger partial charge in [0.1, 0.15) is 11.6 Å². The molecule has 0 amide bonds. The predicted octanol–water partition coefficient (Wildman–Crippen LogP) is 4.08. The molecule has 2 atom stereocenters. The minimum atomic E-state index is -0.387. The van der Waals surface area contributed by atoms with Gasteiger partial charge < -0.3 is 5.32 Å². The van der Waals surface area contributed by atoms with Gasteiger partial charge in [0.05, 0.1) is 0 Å². The average molecular weight is 276 g/mol. The summed E-state index contributed by atoms with van der Waals surface area (Å²) < 4.78 is 27.5. The third-order valence-electron chi connectivity index (χ3n) is 3.43. The minimum absolute atomic E-state index is 0.00228. The molecule has 1 aromatic heterocycles. The third-order valence-corrected chi connectivity index (χ3v) is 3.43. The zero-order valence-electron chi connectivity index (χ0n) is 11.8. The summed E-state index contributed by atoms with van der Waals surface area (Å²) in [6, 6.07) is 6.01. The van der Waals surface area contributed by atoms with Gasteiger partial charge in [-0.05, 0) is 50.1 Å². The number of halogens is 2. The minimum Gasteiger partial charge on any atom is -0.303 e. The first kappa shape index (κ1) is 14.6. The van der Waals surface area contributed by atoms with Crippen LogP contribution in [0, 0.1) is 18.6 Å². The van der Waals surface area contributed by atoms with Crippen LogP contribution in [0.15, 0.2) is 36.7 Å². The number of aryl methyl sites for hydroxylation is 1. The van der Waals surface area contributed by atoms with Crippen LogP contribution in [0.1, 0.15) is 42.6 Å². The van der Waals surface area contributed by atoms with Gasteiger partial charge in [0, 0.05) is 30.0 Å². The molecule has 1 N–H and O–H groups in total. The van der Waals surface area contributed by atoms with Crippen LogP contribution in [-0.2, 0) is 0 Å². The Kier molecular flexibility index (Phi) is 4.45. The molecule has 106 valence electrons. The molecule has 0 saturated heterocycles. The summed E-state index contributed by atoms with van der Waals surface area (Å²) in [5.41, 5.74) is 1.66. The smallest absolute Gasteiger partial charge is 0.128 e. The highest BCUT2D eigenvalue weighted by Gasteiger charge is 2.16. The lowest BCUT2D eigenvalue weighted by molar-refractivity contribution is 0.468. The van der Waals surface area contributed by atoms with Gasteiger partial charge in [-0.25, -0.2) is 8.78 Å². The fourth-order valence-electron chi connectivity index (χ4n) is 2.19. The standard InChI is InChI=1S/C16H18F2N2/c1-10-7-16(18)14(8-15(10)17)12(3)20-11(2)13-5-4-6-19-9-13/h4-9,11-12,20H,1-3H3. The van der Waals surface area contributed by atoms with Crippen molar-refractivity contribution >= 4 is 0 Å². The Labute approximate surface area is 117 Å². The molecule has 0 aliphatic heterocycles. The molecule has 1 aromatic carbocycles. The van der Waals surface area contributed by atoms with E-state index >= 15 is 0 Å². The Morgan fingerprint density at radius 2 is 1.85 bits per heavy atom. The Morgan fingerprint density at radius 1 is 1.10 bits per heavy atom. The van der Waals surface area contributed by atoms with Crippen molar-refractivity contribution in [3.63, 3.8) is 0 Å². The van der Waals surface area contributed by atoms with Crippen LogP contribution >= 0.6 is 0 Å². The molecule has 2 rings (SSSR count). The van der Waals surface area contributed by atoms with Gasteiger partial charge in [-0.1, -0.05) is 6.07 Å². The molecule has 4 heteroatoms. The molecule has 0 bridgehead atoms. The normalized spacial score (nSPS) is 14.1. The van der Waals surface area contributed by atoms with Crippen LogP contribution in [0.2, 0.25) is 0 Å². The van der Waals surface area contributed by atoms with Gasteiger partial charge in [-0.15, -0.1) is 0 Å². The number of benzene rings is 1. The van der Waals surface area contributed by atoms with Gasteiger partial charge in [0.2, 0.25) is 0 Å². The molecule has 0 saturated carbocycles. The molecule has 0 radical (unpaired) electrons. The summed E-state index contributed by atoms with van der Waals surface area (Å²) in [6.07, 6.45) is 3.46. The van der Waals surface area contributed by atoms with Crippen molar-refractivity contribution in [3.05, 3.63) is 65.0 Å². The molecule has 0 aliphatic rings. The Balaban J connectivity index is 2.16. The van der Waals surface area contributed by atoms with Crippen molar-refractivity contribution in [1.29, 1.82) is 0 Å². The maximum Gasteiger partial charge on any atom is 0.128 e. The van der Waals surface area contributed by atoms with E-state index in [1.54, 1.807) is 19.3 Å². The van der Waals surface area contributed by atoms with E-state index in [1.807, 2.05) is 26.0 Å². The first-order chi connectivity index (χ1) is 9.49. The predicted molar refractivity (Wildman–Crippen MR) is 75.3 cm³/mol. The Morgan fingerprint density at radius 3 is 2.50 bits per heavy atom. The second-order valence-electron chi connectivity index (χ2n) is 5.02. The quantitative estimate of drug-likeness (QED) is 0.910. The number of nitrogens with one attached hydrogen (secondary N) is 1. The van der Waals surface area contributed by atoms with Crippen LogP contribution in [-0.4, -0.2) is 4.98 Å². The lowest BCUT2D eigenvalue weighted by Gasteiger charge is -2.21. The van der Waals surface area contributed by atoms with Crippen molar-refractivity contribution in [3.8, 4) is 0 Å².